The Labute approximate surface area is 204 Å². The second kappa shape index (κ2) is 8.77. The van der Waals surface area contributed by atoms with Gasteiger partial charge in [0.2, 0.25) is 5.91 Å². The van der Waals surface area contributed by atoms with Crippen molar-refractivity contribution in [3.63, 3.8) is 0 Å². The van der Waals surface area contributed by atoms with Crippen LogP contribution in [0.1, 0.15) is 19.8 Å². The number of hydrogen-bond donors (Lipinski definition) is 3. The van der Waals surface area contributed by atoms with E-state index < -0.39 is 0 Å². The first-order valence-electron chi connectivity index (χ1n) is 11.3. The fourth-order valence-electron chi connectivity index (χ4n) is 4.19. The second-order valence-corrected chi connectivity index (χ2v) is 9.21. The molecular formula is C26H21N7OS. The quantitative estimate of drug-likeness (QED) is 0.270. The smallest absolute Gasteiger partial charge is 0.224 e. The van der Waals surface area contributed by atoms with Crippen LogP contribution in [-0.2, 0) is 4.79 Å². The van der Waals surface area contributed by atoms with Crippen LogP contribution in [0.3, 0.4) is 0 Å². The molecular weight excluding hydrogens is 458 g/mol. The Hall–Kier alpha value is -4.37. The minimum Gasteiger partial charge on any atom is -0.352 e. The fourth-order valence-corrected chi connectivity index (χ4v) is 4.94. The highest BCUT2D eigenvalue weighted by Gasteiger charge is 2.16. The van der Waals surface area contributed by atoms with E-state index in [0.29, 0.717) is 17.8 Å². The summed E-state index contributed by atoms with van der Waals surface area (Å²) in [4.78, 5) is 29.9. The lowest BCUT2D eigenvalue weighted by Crippen LogP contribution is -2.10. The summed E-state index contributed by atoms with van der Waals surface area (Å²) < 4.78 is 0. The highest BCUT2D eigenvalue weighted by molar-refractivity contribution is 7.13. The molecule has 0 fully saturated rings. The Bertz CT molecular complexity index is 1670. The number of carbonyl (C=O) groups is 1. The maximum atomic E-state index is 12.0. The van der Waals surface area contributed by atoms with Crippen LogP contribution in [0, 0.1) is 0 Å². The molecule has 8 nitrogen and oxygen atoms in total. The van der Waals surface area contributed by atoms with Crippen molar-refractivity contribution in [1.82, 2.24) is 30.1 Å². The Balaban J connectivity index is 1.40. The first-order valence-corrected chi connectivity index (χ1v) is 12.2. The molecule has 0 aromatic carbocycles. The van der Waals surface area contributed by atoms with Crippen molar-refractivity contribution in [2.75, 3.05) is 5.32 Å². The molecule has 1 amide bonds. The molecule has 0 aliphatic carbocycles. The van der Waals surface area contributed by atoms with Crippen LogP contribution in [0.4, 0.5) is 5.69 Å². The predicted molar refractivity (Wildman–Crippen MR) is 139 cm³/mol. The average Bonchev–Trinajstić information content (AvgIpc) is 3.63. The van der Waals surface area contributed by atoms with Gasteiger partial charge in [-0.15, -0.1) is 11.3 Å². The van der Waals surface area contributed by atoms with Crippen molar-refractivity contribution in [2.45, 2.75) is 19.8 Å². The molecule has 0 bridgehead atoms. The number of fused-ring (bicyclic) bond motifs is 2. The summed E-state index contributed by atoms with van der Waals surface area (Å²) in [6.07, 6.45) is 10.2. The molecule has 0 radical (unpaired) electrons. The van der Waals surface area contributed by atoms with Gasteiger partial charge in [0.15, 0.2) is 5.65 Å². The van der Waals surface area contributed by atoms with Crippen molar-refractivity contribution in [2.24, 2.45) is 0 Å². The average molecular weight is 480 g/mol. The SMILES string of the molecule is CCCC(=O)Nc1cncc(-c2cnc3[nH]nc(-c4cc5c(-c6cccs6)cncc5[nH]4)c3c2)c1. The number of carbonyl (C=O) groups excluding carboxylic acids is 1. The lowest BCUT2D eigenvalue weighted by molar-refractivity contribution is -0.116. The molecule has 9 heteroatoms. The number of aromatic amines is 2. The van der Waals surface area contributed by atoms with Gasteiger partial charge >= 0.3 is 0 Å². The van der Waals surface area contributed by atoms with Gasteiger partial charge in [-0.25, -0.2) is 4.98 Å². The third-order valence-corrected chi connectivity index (χ3v) is 6.74. The van der Waals surface area contributed by atoms with Crippen LogP contribution in [0.2, 0.25) is 0 Å². The van der Waals surface area contributed by atoms with Crippen molar-refractivity contribution < 1.29 is 4.79 Å². The molecule has 0 saturated carbocycles. The lowest BCUT2D eigenvalue weighted by Gasteiger charge is -2.07. The Morgan fingerprint density at radius 2 is 1.91 bits per heavy atom. The number of H-pyrrole nitrogens is 2. The fraction of sp³-hybridized carbons (Fsp3) is 0.115. The van der Waals surface area contributed by atoms with E-state index in [1.165, 1.54) is 4.88 Å². The molecule has 0 unspecified atom stereocenters. The van der Waals surface area contributed by atoms with Crippen molar-refractivity contribution in [3.8, 4) is 33.0 Å². The van der Waals surface area contributed by atoms with Crippen LogP contribution in [0.5, 0.6) is 0 Å². The van der Waals surface area contributed by atoms with Crippen molar-refractivity contribution in [3.05, 3.63) is 66.7 Å². The van der Waals surface area contributed by atoms with Crippen LogP contribution in [0.15, 0.2) is 66.7 Å². The summed E-state index contributed by atoms with van der Waals surface area (Å²) in [5.74, 6) is -0.0210. The van der Waals surface area contributed by atoms with Gasteiger partial charge in [0, 0.05) is 57.4 Å². The van der Waals surface area contributed by atoms with Gasteiger partial charge in [-0.05, 0) is 36.1 Å². The number of pyridine rings is 3. The molecule has 6 aromatic heterocycles. The van der Waals surface area contributed by atoms with Crippen LogP contribution >= 0.6 is 11.3 Å². The molecule has 6 aromatic rings. The summed E-state index contributed by atoms with van der Waals surface area (Å²) >= 11 is 1.69. The zero-order valence-electron chi connectivity index (χ0n) is 18.9. The summed E-state index contributed by atoms with van der Waals surface area (Å²) in [5, 5.41) is 14.5. The molecule has 6 rings (SSSR count). The van der Waals surface area contributed by atoms with Gasteiger partial charge < -0.3 is 10.3 Å². The third kappa shape index (κ3) is 3.95. The molecule has 0 aliphatic heterocycles. The molecule has 35 heavy (non-hydrogen) atoms. The number of rotatable bonds is 6. The predicted octanol–water partition coefficient (Wildman–Crippen LogP) is 6.03. The van der Waals surface area contributed by atoms with E-state index in [2.05, 4.69) is 53.0 Å². The number of hydrogen-bond acceptors (Lipinski definition) is 6. The molecule has 0 aliphatic rings. The first-order chi connectivity index (χ1) is 17.2. The molecule has 0 atom stereocenters. The summed E-state index contributed by atoms with van der Waals surface area (Å²) in [6, 6.07) is 10.2. The monoisotopic (exact) mass is 479 g/mol. The standard InChI is InChI=1S/C26H21N7OS/c1-2-4-24(34)30-17-7-15(10-27-12-17)16-8-19-25(32-33-26(19)29-11-16)21-9-18-20(23-5-3-6-35-23)13-28-14-22(18)31-21/h3,5-14,31H,2,4H2,1H3,(H,30,34)(H,29,32,33). The first kappa shape index (κ1) is 21.2. The van der Waals surface area contributed by atoms with E-state index in [1.54, 1.807) is 29.9 Å². The maximum Gasteiger partial charge on any atom is 0.224 e. The molecule has 0 saturated heterocycles. The van der Waals surface area contributed by atoms with E-state index in [4.69, 9.17) is 0 Å². The highest BCUT2D eigenvalue weighted by atomic mass is 32.1. The van der Waals surface area contributed by atoms with Gasteiger partial charge in [-0.2, -0.15) is 5.10 Å². The number of nitrogens with zero attached hydrogens (tertiary/aromatic N) is 4. The number of thiophene rings is 1. The third-order valence-electron chi connectivity index (χ3n) is 5.84. The van der Waals surface area contributed by atoms with Crippen molar-refractivity contribution >= 4 is 44.9 Å². The van der Waals surface area contributed by atoms with E-state index >= 15 is 0 Å². The minimum absolute atomic E-state index is 0.0210. The van der Waals surface area contributed by atoms with Crippen LogP contribution in [-0.4, -0.2) is 36.0 Å². The molecule has 3 N–H and O–H groups in total. The molecule has 0 spiro atoms. The topological polar surface area (TPSA) is 112 Å². The molecule has 172 valence electrons. The van der Waals surface area contributed by atoms with E-state index in [-0.39, 0.29) is 5.91 Å². The number of aromatic nitrogens is 6. The van der Waals surface area contributed by atoms with Gasteiger partial charge in [0.25, 0.3) is 0 Å². The van der Waals surface area contributed by atoms with E-state index in [9.17, 15) is 4.79 Å². The number of anilines is 1. The number of nitrogens with one attached hydrogen (secondary N) is 3. The summed E-state index contributed by atoms with van der Waals surface area (Å²) in [6.45, 7) is 1.98. The van der Waals surface area contributed by atoms with Crippen LogP contribution < -0.4 is 5.32 Å². The summed E-state index contributed by atoms with van der Waals surface area (Å²) in [7, 11) is 0. The molecule has 6 heterocycles. The Kier molecular flexibility index (Phi) is 5.31. The summed E-state index contributed by atoms with van der Waals surface area (Å²) in [5.41, 5.74) is 6.81. The zero-order chi connectivity index (χ0) is 23.8. The van der Waals surface area contributed by atoms with E-state index in [0.717, 1.165) is 50.8 Å². The van der Waals surface area contributed by atoms with Crippen molar-refractivity contribution in [1.29, 1.82) is 0 Å². The number of amides is 1. The highest BCUT2D eigenvalue weighted by Crippen LogP contribution is 2.35. The lowest BCUT2D eigenvalue weighted by atomic mass is 10.1. The van der Waals surface area contributed by atoms with E-state index in [1.807, 2.05) is 37.5 Å². The largest absolute Gasteiger partial charge is 0.352 e. The maximum absolute atomic E-state index is 12.0. The van der Waals surface area contributed by atoms with Crippen LogP contribution in [0.25, 0.3) is 54.9 Å². The van der Waals surface area contributed by atoms with Gasteiger partial charge in [-0.3, -0.25) is 19.9 Å². The minimum atomic E-state index is -0.0210. The van der Waals surface area contributed by atoms with Gasteiger partial charge in [-0.1, -0.05) is 13.0 Å². The normalized spacial score (nSPS) is 11.3. The Morgan fingerprint density at radius 1 is 1.03 bits per heavy atom. The van der Waals surface area contributed by atoms with Gasteiger partial charge in [0.05, 0.1) is 29.3 Å². The zero-order valence-corrected chi connectivity index (χ0v) is 19.7. The Morgan fingerprint density at radius 3 is 2.77 bits per heavy atom. The van der Waals surface area contributed by atoms with Gasteiger partial charge in [0.1, 0.15) is 5.69 Å². The second-order valence-electron chi connectivity index (χ2n) is 8.26.